The van der Waals surface area contributed by atoms with Gasteiger partial charge in [-0.2, -0.15) is 4.79 Å². The van der Waals surface area contributed by atoms with Crippen LogP contribution < -0.4 is 45.3 Å². The van der Waals surface area contributed by atoms with E-state index in [9.17, 15) is 14.7 Å². The number of rotatable bonds is 1. The van der Waals surface area contributed by atoms with Crippen molar-refractivity contribution in [3.8, 4) is 0 Å². The van der Waals surface area contributed by atoms with Crippen LogP contribution in [0.1, 0.15) is 0 Å². The number of hydrogen-bond donors (Lipinski definition) is 0. The summed E-state index contributed by atoms with van der Waals surface area (Å²) < 4.78 is 7.56. The first-order chi connectivity index (χ1) is 4.18. The maximum absolute atomic E-state index is 9.71. The molecule has 1 aromatic rings. The molecular formula is C2NNaO6. The number of aromatic nitrogens is 1. The molecule has 1 heterocycles. The molecule has 0 aliphatic heterocycles. The third-order valence-corrected chi connectivity index (χ3v) is 0.447. The van der Waals surface area contributed by atoms with Crippen molar-refractivity contribution >= 4 is 6.16 Å². The Labute approximate surface area is 75.3 Å². The Morgan fingerprint density at radius 3 is 2.40 bits per heavy atom. The third kappa shape index (κ3) is 2.29. The molecule has 0 aromatic carbocycles. The van der Waals surface area contributed by atoms with E-state index in [0.717, 1.165) is 0 Å². The Bertz CT molecular complexity index is 240. The molecule has 1 rings (SSSR count). The molecule has 1 aromatic heterocycles. The molecule has 0 spiro atoms. The molecule has 8 heteroatoms. The Hall–Kier alpha value is -0.660. The third-order valence-electron chi connectivity index (χ3n) is 0.447. The first-order valence-corrected chi connectivity index (χ1v) is 1.77. The van der Waals surface area contributed by atoms with Crippen LogP contribution in [0, 0.1) is 0 Å². The molecule has 0 amide bonds. The fourth-order valence-electron chi connectivity index (χ4n) is 0.227. The molecule has 0 bridgehead atoms. The van der Waals surface area contributed by atoms with Crippen molar-refractivity contribution in [1.82, 2.24) is 5.08 Å². The Morgan fingerprint density at radius 1 is 1.60 bits per heavy atom. The predicted octanol–water partition coefficient (Wildman–Crippen LogP) is -5.19. The minimum absolute atomic E-state index is 0. The van der Waals surface area contributed by atoms with E-state index in [1.165, 1.54) is 0 Å². The number of carbonyl (C=O) groups is 1. The van der Waals surface area contributed by atoms with Gasteiger partial charge in [-0.15, -0.1) is 0 Å². The summed E-state index contributed by atoms with van der Waals surface area (Å²) in [5, 5.41) is 9.47. The first kappa shape index (κ1) is 9.34. The van der Waals surface area contributed by atoms with Gasteiger partial charge in [-0.1, -0.05) is 0 Å². The number of carbonyl (C=O) groups excluding carboxylic acids is 1. The van der Waals surface area contributed by atoms with E-state index in [-0.39, 0.29) is 34.6 Å². The quantitative estimate of drug-likeness (QED) is 0.378. The van der Waals surface area contributed by atoms with Crippen molar-refractivity contribution in [2.45, 2.75) is 0 Å². The van der Waals surface area contributed by atoms with Gasteiger partial charge in [0.2, 0.25) is 0 Å². The maximum atomic E-state index is 9.71. The van der Waals surface area contributed by atoms with Crippen molar-refractivity contribution in [1.29, 1.82) is 0 Å². The largest absolute Gasteiger partial charge is 1.00 e. The van der Waals surface area contributed by atoms with Crippen LogP contribution in [0.5, 0.6) is 0 Å². The van der Waals surface area contributed by atoms with E-state index in [0.29, 0.717) is 0 Å². The van der Waals surface area contributed by atoms with Gasteiger partial charge in [0.05, 0.1) is 5.08 Å². The van der Waals surface area contributed by atoms with Crippen LogP contribution in [0.3, 0.4) is 0 Å². The van der Waals surface area contributed by atoms with Gasteiger partial charge in [-0.3, -0.25) is 9.05 Å². The molecular weight excluding hydrogens is 157 g/mol. The zero-order valence-electron chi connectivity index (χ0n) is 4.90. The summed E-state index contributed by atoms with van der Waals surface area (Å²) >= 11 is 0. The minimum Gasteiger partial charge on any atom is -0.424 e. The van der Waals surface area contributed by atoms with Crippen LogP contribution in [0.4, 0.5) is 4.79 Å². The van der Waals surface area contributed by atoms with Crippen LogP contribution in [0.25, 0.3) is 0 Å². The van der Waals surface area contributed by atoms with Gasteiger partial charge < -0.3 is 14.7 Å². The van der Waals surface area contributed by atoms with Crippen LogP contribution >= 0.6 is 0 Å². The van der Waals surface area contributed by atoms with Crippen LogP contribution in [-0.4, -0.2) is 11.2 Å². The molecule has 0 saturated carbocycles. The predicted molar refractivity (Wildman–Crippen MR) is 17.2 cm³/mol. The van der Waals surface area contributed by atoms with E-state index in [1.54, 1.807) is 0 Å². The molecule has 0 aliphatic rings. The van der Waals surface area contributed by atoms with Crippen LogP contribution in [0.15, 0.2) is 13.8 Å². The molecule has 10 heavy (non-hydrogen) atoms. The fourth-order valence-corrected chi connectivity index (χ4v) is 0.227. The summed E-state index contributed by atoms with van der Waals surface area (Å²) in [6.07, 6.45) is -1.87. The van der Waals surface area contributed by atoms with E-state index < -0.39 is 12.0 Å². The standard InChI is InChI=1S/C2HNO6.Na/c4-1(5)7-3-8-2(6)9-3;/h(H,4,5);/q;+1/p-1. The van der Waals surface area contributed by atoms with E-state index in [1.807, 2.05) is 0 Å². The number of hydrogen-bond acceptors (Lipinski definition) is 6. The molecule has 7 nitrogen and oxygen atoms in total. The van der Waals surface area contributed by atoms with Gasteiger partial charge in [0.25, 0.3) is 6.16 Å². The second kappa shape index (κ2) is 3.49. The molecule has 0 fully saturated rings. The van der Waals surface area contributed by atoms with Crippen molar-refractivity contribution in [2.75, 3.05) is 0 Å². The van der Waals surface area contributed by atoms with Crippen molar-refractivity contribution in [3.05, 3.63) is 10.6 Å². The maximum Gasteiger partial charge on any atom is 1.00 e. The van der Waals surface area contributed by atoms with Gasteiger partial charge in [-0.05, 0) is 0 Å². The van der Waals surface area contributed by atoms with E-state index >= 15 is 0 Å². The molecule has 0 atom stereocenters. The van der Waals surface area contributed by atoms with Gasteiger partial charge in [-0.25, -0.2) is 0 Å². The van der Waals surface area contributed by atoms with Gasteiger partial charge >= 0.3 is 35.4 Å². The smallest absolute Gasteiger partial charge is 0.424 e. The normalized spacial score (nSPS) is 8.40. The van der Waals surface area contributed by atoms with Crippen LogP contribution in [0.2, 0.25) is 0 Å². The fraction of sp³-hybridized carbons (Fsp3) is 0. The number of nitrogens with zero attached hydrogens (tertiary/aromatic N) is 1. The minimum atomic E-state index is -1.87. The second-order valence-corrected chi connectivity index (χ2v) is 0.997. The second-order valence-electron chi connectivity index (χ2n) is 0.997. The molecule has 0 saturated heterocycles. The Balaban J connectivity index is 0.000000810. The molecule has 0 N–H and O–H groups in total. The zero-order chi connectivity index (χ0) is 6.85. The zero-order valence-corrected chi connectivity index (χ0v) is 6.90. The monoisotopic (exact) mass is 157 g/mol. The summed E-state index contributed by atoms with van der Waals surface area (Å²) in [7, 11) is 0. The summed E-state index contributed by atoms with van der Waals surface area (Å²) in [4.78, 5) is 22.7. The van der Waals surface area contributed by atoms with E-state index in [4.69, 9.17) is 0 Å². The first-order valence-electron chi connectivity index (χ1n) is 1.77. The number of carboxylic acid groups (broad SMARTS) is 1. The average Bonchev–Trinajstić information content (AvgIpc) is 1.60. The van der Waals surface area contributed by atoms with Gasteiger partial charge in [0, 0.05) is 0 Å². The van der Waals surface area contributed by atoms with Crippen molar-refractivity contribution < 1.29 is 53.3 Å². The van der Waals surface area contributed by atoms with Gasteiger partial charge in [0.1, 0.15) is 0 Å². The van der Waals surface area contributed by atoms with Crippen molar-refractivity contribution in [2.24, 2.45) is 0 Å². The molecule has 0 aliphatic carbocycles. The SMILES string of the molecule is O=C([O-])On1oc(=O)o1.[Na+]. The van der Waals surface area contributed by atoms with Gasteiger partial charge in [0.15, 0.2) is 0 Å². The average molecular weight is 157 g/mol. The molecule has 0 radical (unpaired) electrons. The Kier molecular flexibility index (Phi) is 3.26. The molecule has 50 valence electrons. The summed E-state index contributed by atoms with van der Waals surface area (Å²) in [5.74, 6) is -1.03. The molecule has 0 unspecified atom stereocenters. The van der Waals surface area contributed by atoms with E-state index in [2.05, 4.69) is 13.9 Å². The summed E-state index contributed by atoms with van der Waals surface area (Å²) in [5.41, 5.74) is 0. The summed E-state index contributed by atoms with van der Waals surface area (Å²) in [6.45, 7) is 0. The summed E-state index contributed by atoms with van der Waals surface area (Å²) in [6, 6.07) is 0. The Morgan fingerprint density at radius 2 is 2.10 bits per heavy atom. The van der Waals surface area contributed by atoms with Crippen LogP contribution in [-0.2, 0) is 0 Å². The van der Waals surface area contributed by atoms with Crippen molar-refractivity contribution in [3.63, 3.8) is 0 Å². The topological polar surface area (TPSA) is 97.6 Å².